The molecule has 0 unspecified atom stereocenters. The normalized spacial score (nSPS) is 17.9. The van der Waals surface area contributed by atoms with Crippen molar-refractivity contribution in [3.8, 4) is 11.5 Å². The Morgan fingerprint density at radius 3 is 2.43 bits per heavy atom. The largest absolute Gasteiger partial charge is 0.492 e. The summed E-state index contributed by atoms with van der Waals surface area (Å²) in [5.74, 6) is 1.64. The number of hydrogen-bond donors (Lipinski definition) is 2. The van der Waals surface area contributed by atoms with E-state index in [1.54, 1.807) is 0 Å². The molecule has 6 nitrogen and oxygen atoms in total. The monoisotopic (exact) mass is 407 g/mol. The van der Waals surface area contributed by atoms with Crippen molar-refractivity contribution < 1.29 is 14.2 Å². The molecular weight excluding hydrogens is 374 g/mol. The van der Waals surface area contributed by atoms with Crippen LogP contribution in [0.25, 0.3) is 0 Å². The fourth-order valence-electron chi connectivity index (χ4n) is 3.84. The second-order valence-corrected chi connectivity index (χ2v) is 7.62. The maximum atomic E-state index is 5.95. The van der Waals surface area contributed by atoms with Crippen LogP contribution < -0.4 is 25.0 Å². The lowest BCUT2D eigenvalue weighted by molar-refractivity contribution is 0.122. The average molecular weight is 408 g/mol. The fourth-order valence-corrected chi connectivity index (χ4v) is 4.11. The highest BCUT2D eigenvalue weighted by Gasteiger charge is 2.21. The van der Waals surface area contributed by atoms with Crippen molar-refractivity contribution in [1.29, 1.82) is 0 Å². The lowest BCUT2D eigenvalue weighted by atomic mass is 9.96. The van der Waals surface area contributed by atoms with Crippen molar-refractivity contribution in [2.45, 2.75) is 52.0 Å². The van der Waals surface area contributed by atoms with Gasteiger partial charge < -0.3 is 29.7 Å². The molecule has 0 aromatic heterocycles. The smallest absolute Gasteiger partial charge is 0.171 e. The van der Waals surface area contributed by atoms with E-state index >= 15 is 0 Å². The molecule has 0 spiro atoms. The van der Waals surface area contributed by atoms with Gasteiger partial charge in [-0.2, -0.15) is 0 Å². The molecule has 1 aliphatic heterocycles. The first-order chi connectivity index (χ1) is 13.7. The number of benzene rings is 1. The highest BCUT2D eigenvalue weighted by molar-refractivity contribution is 7.80. The van der Waals surface area contributed by atoms with Crippen molar-refractivity contribution in [2.75, 3.05) is 49.7 Å². The number of nitrogens with zero attached hydrogens (tertiary/aromatic N) is 1. The number of ether oxygens (including phenoxy) is 3. The predicted molar refractivity (Wildman–Crippen MR) is 118 cm³/mol. The van der Waals surface area contributed by atoms with Crippen LogP contribution >= 0.6 is 12.2 Å². The van der Waals surface area contributed by atoms with Crippen molar-refractivity contribution in [2.24, 2.45) is 0 Å². The van der Waals surface area contributed by atoms with E-state index in [1.165, 1.54) is 32.1 Å². The second kappa shape index (κ2) is 10.7. The van der Waals surface area contributed by atoms with Gasteiger partial charge in [0.15, 0.2) is 5.11 Å². The Balaban J connectivity index is 1.79. The number of anilines is 2. The van der Waals surface area contributed by atoms with Gasteiger partial charge in [0.2, 0.25) is 0 Å². The highest BCUT2D eigenvalue weighted by atomic mass is 32.1. The number of hydrogen-bond acceptors (Lipinski definition) is 5. The molecular formula is C21H33N3O3S. The third kappa shape index (κ3) is 5.64. The van der Waals surface area contributed by atoms with Crippen LogP contribution in [0.5, 0.6) is 11.5 Å². The molecule has 156 valence electrons. The number of morpholine rings is 1. The number of rotatable bonds is 7. The Kier molecular flexibility index (Phi) is 8.03. The minimum absolute atomic E-state index is 0.461. The van der Waals surface area contributed by atoms with Gasteiger partial charge in [0.05, 0.1) is 37.8 Å². The highest BCUT2D eigenvalue weighted by Crippen LogP contribution is 2.39. The lowest BCUT2D eigenvalue weighted by Gasteiger charge is -2.31. The third-order valence-electron chi connectivity index (χ3n) is 5.20. The van der Waals surface area contributed by atoms with E-state index in [1.807, 2.05) is 19.9 Å². The van der Waals surface area contributed by atoms with Gasteiger partial charge in [-0.1, -0.05) is 19.3 Å². The van der Waals surface area contributed by atoms with Crippen LogP contribution in [0.4, 0.5) is 11.4 Å². The Bertz CT molecular complexity index is 644. The van der Waals surface area contributed by atoms with Crippen molar-refractivity contribution in [3.63, 3.8) is 0 Å². The van der Waals surface area contributed by atoms with E-state index in [0.717, 1.165) is 49.2 Å². The lowest BCUT2D eigenvalue weighted by Crippen LogP contribution is -2.39. The predicted octanol–water partition coefficient (Wildman–Crippen LogP) is 3.94. The van der Waals surface area contributed by atoms with E-state index in [2.05, 4.69) is 21.6 Å². The van der Waals surface area contributed by atoms with Crippen molar-refractivity contribution in [1.82, 2.24) is 5.32 Å². The van der Waals surface area contributed by atoms with E-state index in [9.17, 15) is 0 Å². The summed E-state index contributed by atoms with van der Waals surface area (Å²) in [6, 6.07) is 4.53. The summed E-state index contributed by atoms with van der Waals surface area (Å²) in [7, 11) is 0. The average Bonchev–Trinajstić information content (AvgIpc) is 2.71. The van der Waals surface area contributed by atoms with E-state index < -0.39 is 0 Å². The first kappa shape index (κ1) is 21.0. The molecule has 2 fully saturated rings. The van der Waals surface area contributed by atoms with E-state index in [0.29, 0.717) is 24.4 Å². The molecule has 0 bridgehead atoms. The molecule has 1 aliphatic carbocycles. The van der Waals surface area contributed by atoms with Crippen LogP contribution in [0.15, 0.2) is 12.1 Å². The molecule has 0 amide bonds. The molecule has 1 saturated carbocycles. The van der Waals surface area contributed by atoms with Crippen molar-refractivity contribution in [3.05, 3.63) is 12.1 Å². The summed E-state index contributed by atoms with van der Waals surface area (Å²) < 4.78 is 17.4. The topological polar surface area (TPSA) is 55.0 Å². The van der Waals surface area contributed by atoms with Gasteiger partial charge in [0.1, 0.15) is 11.5 Å². The van der Waals surface area contributed by atoms with Gasteiger partial charge in [0.25, 0.3) is 0 Å². The molecule has 1 aromatic rings. The zero-order chi connectivity index (χ0) is 19.8. The zero-order valence-electron chi connectivity index (χ0n) is 17.1. The summed E-state index contributed by atoms with van der Waals surface area (Å²) in [6.45, 7) is 8.34. The van der Waals surface area contributed by atoms with Gasteiger partial charge in [-0.15, -0.1) is 0 Å². The Hall–Kier alpha value is -1.73. The maximum absolute atomic E-state index is 5.95. The summed E-state index contributed by atoms with van der Waals surface area (Å²) >= 11 is 5.58. The molecule has 0 atom stereocenters. The molecule has 2 aliphatic rings. The van der Waals surface area contributed by atoms with Crippen molar-refractivity contribution >= 4 is 28.7 Å². The Morgan fingerprint density at radius 2 is 1.75 bits per heavy atom. The van der Waals surface area contributed by atoms with Gasteiger partial charge >= 0.3 is 0 Å². The molecule has 1 saturated heterocycles. The molecule has 2 N–H and O–H groups in total. The van der Waals surface area contributed by atoms with Crippen LogP contribution in [0.3, 0.4) is 0 Å². The minimum atomic E-state index is 0.461. The Morgan fingerprint density at radius 1 is 1.07 bits per heavy atom. The second-order valence-electron chi connectivity index (χ2n) is 7.21. The quantitative estimate of drug-likeness (QED) is 0.664. The van der Waals surface area contributed by atoms with Gasteiger partial charge in [-0.25, -0.2) is 0 Å². The number of nitrogens with one attached hydrogen (secondary N) is 2. The maximum Gasteiger partial charge on any atom is 0.171 e. The van der Waals surface area contributed by atoms with Gasteiger partial charge in [-0.3, -0.25) is 0 Å². The molecule has 1 heterocycles. The summed E-state index contributed by atoms with van der Waals surface area (Å²) in [5, 5.41) is 7.45. The molecule has 3 rings (SSSR count). The van der Waals surface area contributed by atoms with Crippen LogP contribution in [0.1, 0.15) is 46.0 Å². The van der Waals surface area contributed by atoms with Crippen LogP contribution in [-0.4, -0.2) is 50.7 Å². The van der Waals surface area contributed by atoms with Crippen LogP contribution in [0, 0.1) is 0 Å². The Labute approximate surface area is 173 Å². The number of thiocarbonyl (C=S) groups is 1. The SMILES string of the molecule is CCOc1cc(N2CCOCC2)c(OCC)cc1NC(=S)NC1CCCCC1. The van der Waals surface area contributed by atoms with Crippen LogP contribution in [0.2, 0.25) is 0 Å². The molecule has 1 aromatic carbocycles. The van der Waals surface area contributed by atoms with Gasteiger partial charge in [0, 0.05) is 31.3 Å². The van der Waals surface area contributed by atoms with E-state index in [-0.39, 0.29) is 0 Å². The summed E-state index contributed by atoms with van der Waals surface area (Å²) in [4.78, 5) is 2.29. The zero-order valence-corrected chi connectivity index (χ0v) is 17.9. The standard InChI is InChI=1S/C21H33N3O3S/c1-3-26-19-15-18(24-10-12-25-13-11-24)20(27-4-2)14-17(19)23-21(28)22-16-8-6-5-7-9-16/h14-16H,3-13H2,1-2H3,(H2,22,23,28). The third-order valence-corrected chi connectivity index (χ3v) is 5.42. The minimum Gasteiger partial charge on any atom is -0.492 e. The molecule has 0 radical (unpaired) electrons. The summed E-state index contributed by atoms with van der Waals surface area (Å²) in [6.07, 6.45) is 6.23. The fraction of sp³-hybridized carbons (Fsp3) is 0.667. The first-order valence-electron chi connectivity index (χ1n) is 10.5. The molecule has 7 heteroatoms. The van der Waals surface area contributed by atoms with Crippen LogP contribution in [-0.2, 0) is 4.74 Å². The van der Waals surface area contributed by atoms with Gasteiger partial charge in [-0.05, 0) is 38.9 Å². The first-order valence-corrected chi connectivity index (χ1v) is 11.0. The van der Waals surface area contributed by atoms with E-state index in [4.69, 9.17) is 26.4 Å². The summed E-state index contributed by atoms with van der Waals surface area (Å²) in [5.41, 5.74) is 1.89. The molecule has 28 heavy (non-hydrogen) atoms.